The van der Waals surface area contributed by atoms with Crippen LogP contribution in [0.3, 0.4) is 0 Å². The number of piperidine rings is 1. The average molecular weight is 468 g/mol. The number of thiazole rings is 1. The lowest BCUT2D eigenvalue weighted by Gasteiger charge is -2.20. The van der Waals surface area contributed by atoms with Gasteiger partial charge in [-0.05, 0) is 56.3 Å². The lowest BCUT2D eigenvalue weighted by atomic mass is 9.99. The number of nitrogens with one attached hydrogen (secondary N) is 1. The zero-order valence-corrected chi connectivity index (χ0v) is 18.3. The molecule has 0 atom stereocenters. The summed E-state index contributed by atoms with van der Waals surface area (Å²) in [6, 6.07) is 12.4. The van der Waals surface area contributed by atoms with Gasteiger partial charge in [-0.3, -0.25) is 9.36 Å². The monoisotopic (exact) mass is 467 g/mol. The van der Waals surface area contributed by atoms with Crippen LogP contribution in [-0.4, -0.2) is 22.6 Å². The topological polar surface area (TPSA) is 46.9 Å². The Morgan fingerprint density at radius 3 is 2.52 bits per heavy atom. The van der Waals surface area contributed by atoms with E-state index in [1.54, 1.807) is 18.2 Å². The predicted octanol–water partition coefficient (Wildman–Crippen LogP) is 5.51. The number of hydrogen-bond acceptors (Lipinski definition) is 4. The van der Waals surface area contributed by atoms with Crippen molar-refractivity contribution < 1.29 is 13.2 Å². The minimum Gasteiger partial charge on any atom is -0.317 e. The number of aromatic nitrogens is 2. The summed E-state index contributed by atoms with van der Waals surface area (Å²) < 4.78 is 44.0. The van der Waals surface area contributed by atoms with Crippen LogP contribution < -0.4 is 10.9 Å². The van der Waals surface area contributed by atoms with Gasteiger partial charge in [0.25, 0.3) is 5.56 Å². The minimum atomic E-state index is -0.681. The Bertz CT molecular complexity index is 1380. The summed E-state index contributed by atoms with van der Waals surface area (Å²) in [6.07, 6.45) is 3.34. The fourth-order valence-electron chi connectivity index (χ4n) is 4.09. The second kappa shape index (κ2) is 8.96. The summed E-state index contributed by atoms with van der Waals surface area (Å²) in [5, 5.41) is 4.19. The number of pyridine rings is 1. The highest BCUT2D eigenvalue weighted by molar-refractivity contribution is 7.15. The van der Waals surface area contributed by atoms with Crippen LogP contribution in [0.25, 0.3) is 27.4 Å². The van der Waals surface area contributed by atoms with Gasteiger partial charge < -0.3 is 5.32 Å². The van der Waals surface area contributed by atoms with E-state index in [2.05, 4.69) is 5.32 Å². The van der Waals surface area contributed by atoms with Crippen molar-refractivity contribution in [2.45, 2.75) is 18.8 Å². The van der Waals surface area contributed by atoms with Crippen molar-refractivity contribution in [1.82, 2.24) is 14.9 Å². The molecule has 0 spiro atoms. The Morgan fingerprint density at radius 2 is 1.76 bits per heavy atom. The third kappa shape index (κ3) is 4.24. The van der Waals surface area contributed by atoms with Crippen LogP contribution in [0.2, 0.25) is 0 Å². The van der Waals surface area contributed by atoms with Crippen LogP contribution in [0, 0.1) is 17.5 Å². The van der Waals surface area contributed by atoms with E-state index in [9.17, 15) is 18.0 Å². The van der Waals surface area contributed by atoms with Crippen LogP contribution in [0.5, 0.6) is 0 Å². The standard InChI is InChI=1S/C25H20F3N3OS/c26-17-6-7-18(20(28)13-17)24-23(30-25(33-24)15-9-11-29-12-10-15)16-5-8-22(32)31(14-16)21-4-2-1-3-19(21)27/h1-8,13-15,29H,9-12H2. The molecular formula is C25H20F3N3OS. The first-order valence-corrected chi connectivity index (χ1v) is 11.5. The largest absolute Gasteiger partial charge is 0.317 e. The quantitative estimate of drug-likeness (QED) is 0.430. The highest BCUT2D eigenvalue weighted by atomic mass is 32.1. The molecule has 0 bridgehead atoms. The van der Waals surface area contributed by atoms with Gasteiger partial charge in [0, 0.05) is 35.4 Å². The van der Waals surface area contributed by atoms with E-state index in [1.807, 2.05) is 0 Å². The predicted molar refractivity (Wildman–Crippen MR) is 123 cm³/mol. The molecule has 5 rings (SSSR count). The van der Waals surface area contributed by atoms with E-state index >= 15 is 0 Å². The van der Waals surface area contributed by atoms with Gasteiger partial charge in [-0.25, -0.2) is 18.2 Å². The molecule has 0 saturated carbocycles. The van der Waals surface area contributed by atoms with Gasteiger partial charge in [0.15, 0.2) is 0 Å². The lowest BCUT2D eigenvalue weighted by molar-refractivity contribution is 0.459. The molecule has 1 aliphatic rings. The Balaban J connectivity index is 1.68. The molecule has 4 nitrogen and oxygen atoms in total. The zero-order valence-electron chi connectivity index (χ0n) is 17.5. The molecule has 33 heavy (non-hydrogen) atoms. The van der Waals surface area contributed by atoms with E-state index < -0.39 is 23.0 Å². The average Bonchev–Trinajstić information content (AvgIpc) is 3.26. The third-order valence-electron chi connectivity index (χ3n) is 5.80. The number of rotatable bonds is 4. The Kier molecular flexibility index (Phi) is 5.86. The van der Waals surface area contributed by atoms with Crippen molar-refractivity contribution in [3.05, 3.63) is 93.6 Å². The maximum atomic E-state index is 14.8. The zero-order chi connectivity index (χ0) is 22.9. The van der Waals surface area contributed by atoms with E-state index in [-0.39, 0.29) is 17.2 Å². The molecule has 1 saturated heterocycles. The highest BCUT2D eigenvalue weighted by Crippen LogP contribution is 2.42. The Morgan fingerprint density at radius 1 is 0.970 bits per heavy atom. The normalized spacial score (nSPS) is 14.5. The second-order valence-electron chi connectivity index (χ2n) is 7.96. The smallest absolute Gasteiger partial charge is 0.255 e. The summed E-state index contributed by atoms with van der Waals surface area (Å²) in [5.41, 5.74) is 1.00. The first-order valence-electron chi connectivity index (χ1n) is 10.7. The summed E-state index contributed by atoms with van der Waals surface area (Å²) in [6.45, 7) is 1.75. The van der Waals surface area contributed by atoms with Crippen molar-refractivity contribution >= 4 is 11.3 Å². The van der Waals surface area contributed by atoms with Gasteiger partial charge in [-0.1, -0.05) is 12.1 Å². The summed E-state index contributed by atoms with van der Waals surface area (Å²) in [4.78, 5) is 17.9. The van der Waals surface area contributed by atoms with Gasteiger partial charge in [-0.2, -0.15) is 0 Å². The fourth-order valence-corrected chi connectivity index (χ4v) is 5.38. The van der Waals surface area contributed by atoms with Crippen molar-refractivity contribution in [2.24, 2.45) is 0 Å². The van der Waals surface area contributed by atoms with E-state index in [4.69, 9.17) is 4.98 Å². The SMILES string of the molecule is O=c1ccc(-c2nc(C3CCNCC3)sc2-c2ccc(F)cc2F)cn1-c1ccccc1F. The molecule has 8 heteroatoms. The number of hydrogen-bond donors (Lipinski definition) is 1. The number of halogens is 3. The molecular weight excluding hydrogens is 447 g/mol. The molecule has 0 aliphatic carbocycles. The summed E-state index contributed by atoms with van der Waals surface area (Å²) in [7, 11) is 0. The molecule has 0 radical (unpaired) electrons. The first-order chi connectivity index (χ1) is 16.0. The lowest BCUT2D eigenvalue weighted by Crippen LogP contribution is -2.26. The number of para-hydroxylation sites is 1. The maximum Gasteiger partial charge on any atom is 0.255 e. The highest BCUT2D eigenvalue weighted by Gasteiger charge is 2.24. The van der Waals surface area contributed by atoms with Crippen LogP contribution in [0.15, 0.2) is 65.6 Å². The molecule has 1 N–H and O–H groups in total. The van der Waals surface area contributed by atoms with Gasteiger partial charge in [0.2, 0.25) is 0 Å². The summed E-state index contributed by atoms with van der Waals surface area (Å²) in [5.74, 6) is -1.65. The molecule has 2 aromatic carbocycles. The minimum absolute atomic E-state index is 0.118. The van der Waals surface area contributed by atoms with Crippen LogP contribution >= 0.6 is 11.3 Å². The molecule has 0 amide bonds. The van der Waals surface area contributed by atoms with Crippen molar-refractivity contribution in [3.63, 3.8) is 0 Å². The Labute approximate surface area is 192 Å². The van der Waals surface area contributed by atoms with Gasteiger partial charge in [-0.15, -0.1) is 11.3 Å². The molecule has 168 valence electrons. The van der Waals surface area contributed by atoms with Gasteiger partial charge in [0.05, 0.1) is 21.3 Å². The van der Waals surface area contributed by atoms with E-state index in [1.165, 1.54) is 52.4 Å². The first kappa shape index (κ1) is 21.6. The van der Waals surface area contributed by atoms with E-state index in [0.29, 0.717) is 16.1 Å². The Hall–Kier alpha value is -3.23. The summed E-state index contributed by atoms with van der Waals surface area (Å²) >= 11 is 1.38. The van der Waals surface area contributed by atoms with Gasteiger partial charge in [0.1, 0.15) is 17.5 Å². The molecule has 4 aromatic rings. The fraction of sp³-hybridized carbons (Fsp3) is 0.200. The van der Waals surface area contributed by atoms with Crippen molar-refractivity contribution in [2.75, 3.05) is 13.1 Å². The molecule has 1 aliphatic heterocycles. The van der Waals surface area contributed by atoms with Crippen LogP contribution in [0.1, 0.15) is 23.8 Å². The van der Waals surface area contributed by atoms with Crippen molar-refractivity contribution in [1.29, 1.82) is 0 Å². The van der Waals surface area contributed by atoms with E-state index in [0.717, 1.165) is 37.0 Å². The van der Waals surface area contributed by atoms with Crippen LogP contribution in [0.4, 0.5) is 13.2 Å². The van der Waals surface area contributed by atoms with Crippen LogP contribution in [-0.2, 0) is 0 Å². The van der Waals surface area contributed by atoms with Crippen molar-refractivity contribution in [3.8, 4) is 27.4 Å². The molecule has 2 aromatic heterocycles. The second-order valence-corrected chi connectivity index (χ2v) is 8.99. The van der Waals surface area contributed by atoms with Gasteiger partial charge >= 0.3 is 0 Å². The molecule has 0 unspecified atom stereocenters. The maximum absolute atomic E-state index is 14.8. The molecule has 1 fully saturated rings. The third-order valence-corrected chi connectivity index (χ3v) is 7.06. The number of nitrogens with zero attached hydrogens (tertiary/aromatic N) is 2. The molecule has 3 heterocycles. The number of benzene rings is 2.